The van der Waals surface area contributed by atoms with Crippen molar-refractivity contribution < 1.29 is 51.8 Å². The number of aliphatic carboxylic acids is 1. The van der Waals surface area contributed by atoms with E-state index in [2.05, 4.69) is 70.5 Å². The molecule has 0 radical (unpaired) electrons. The summed E-state index contributed by atoms with van der Waals surface area (Å²) in [7, 11) is 3.43. The van der Waals surface area contributed by atoms with Gasteiger partial charge in [-0.1, -0.05) is 40.2 Å². The van der Waals surface area contributed by atoms with E-state index in [0.29, 0.717) is 119 Å². The van der Waals surface area contributed by atoms with E-state index in [9.17, 15) is 13.6 Å². The number of anilines is 3. The fourth-order valence-corrected chi connectivity index (χ4v) is 13.9. The molecule has 582 valence electrons. The second-order valence-electron chi connectivity index (χ2n) is 26.2. The first kappa shape index (κ1) is 81.4. The van der Waals surface area contributed by atoms with Crippen LogP contribution in [0.3, 0.4) is 0 Å². The number of ether oxygens (including phenoxy) is 7. The van der Waals surface area contributed by atoms with Gasteiger partial charge >= 0.3 is 5.97 Å². The van der Waals surface area contributed by atoms with Crippen LogP contribution in [0.2, 0.25) is 0 Å². The number of likely N-dealkylation sites (N-methyl/N-ethyl adjacent to an activating group) is 1. The van der Waals surface area contributed by atoms with E-state index in [1.165, 1.54) is 41.9 Å². The number of rotatable bonds is 27. The molecule has 3 aliphatic heterocycles. The smallest absolute Gasteiger partial charge is 0.317 e. The van der Waals surface area contributed by atoms with Gasteiger partial charge in [0.2, 0.25) is 0 Å². The monoisotopic (exact) mass is 1620 g/mol. The minimum atomic E-state index is -0.787. The third-order valence-electron chi connectivity index (χ3n) is 17.6. The predicted molar refractivity (Wildman–Crippen MR) is 427 cm³/mol. The molecule has 0 spiro atoms. The first-order chi connectivity index (χ1) is 53.8. The molecule has 0 amide bonds. The largest absolute Gasteiger partial charge is 0.488 e. The van der Waals surface area contributed by atoms with Crippen LogP contribution < -0.4 is 36.1 Å². The summed E-state index contributed by atoms with van der Waals surface area (Å²) in [6.07, 6.45) is 7.72. The van der Waals surface area contributed by atoms with Crippen LogP contribution in [0.4, 0.5) is 37.6 Å². The summed E-state index contributed by atoms with van der Waals surface area (Å²) in [4.78, 5) is 44.7. The van der Waals surface area contributed by atoms with Gasteiger partial charge in [-0.25, -0.2) is 43.1 Å². The van der Waals surface area contributed by atoms with Gasteiger partial charge in [-0.05, 0) is 107 Å². The molecule has 14 rings (SSSR count). The van der Waals surface area contributed by atoms with Crippen LogP contribution in [0.1, 0.15) is 39.0 Å². The minimum absolute atomic E-state index is 0.111. The Morgan fingerprint density at radius 1 is 0.541 bits per heavy atom. The molecule has 9 heterocycles. The number of halogens is 3. The molecular weight excluding hydrogens is 1530 g/mol. The number of hydrogen-bond acceptors (Lipinski definition) is 24. The molecule has 0 atom stereocenters. The van der Waals surface area contributed by atoms with Crippen LogP contribution in [-0.4, -0.2) is 199 Å². The van der Waals surface area contributed by atoms with Crippen LogP contribution in [0.5, 0.6) is 34.5 Å². The average molecular weight is 1620 g/mol. The predicted octanol–water partition coefficient (Wildman–Crippen LogP) is 13.6. The maximum Gasteiger partial charge on any atom is 0.317 e. The number of aryl methyl sites for hydroxylation is 5. The Kier molecular flexibility index (Phi) is 29.6. The van der Waals surface area contributed by atoms with E-state index in [-0.39, 0.29) is 6.54 Å². The van der Waals surface area contributed by atoms with Crippen LogP contribution in [0.25, 0.3) is 54.5 Å². The number of nitrogen functional groups attached to an aromatic ring is 3. The van der Waals surface area contributed by atoms with Crippen molar-refractivity contribution in [2.24, 2.45) is 0 Å². The highest BCUT2D eigenvalue weighted by molar-refractivity contribution is 9.10. The normalized spacial score (nSPS) is 13.9. The zero-order valence-corrected chi connectivity index (χ0v) is 65.4. The van der Waals surface area contributed by atoms with E-state index < -0.39 is 17.6 Å². The molecule has 7 N–H and O–H groups in total. The number of aromatic nitrogens is 10. The molecule has 3 aliphatic rings. The fraction of sp³-hybridized carbons (Fsp3) is 0.359. The number of fused-ring (bicyclic) bond motifs is 1. The van der Waals surface area contributed by atoms with E-state index in [4.69, 9.17) is 73.7 Å². The molecule has 33 heteroatoms. The van der Waals surface area contributed by atoms with E-state index >= 15 is 0 Å². The number of thiazole rings is 2. The Hall–Kier alpha value is -10.6. The first-order valence-electron chi connectivity index (χ1n) is 36.0. The number of carboxylic acid groups (broad SMARTS) is 1. The van der Waals surface area contributed by atoms with E-state index in [1.54, 1.807) is 76.4 Å². The lowest BCUT2D eigenvalue weighted by Gasteiger charge is -2.26. The average Bonchev–Trinajstić information content (AvgIpc) is 1.63. The van der Waals surface area contributed by atoms with Crippen molar-refractivity contribution in [3.05, 3.63) is 187 Å². The Bertz CT molecular complexity index is 4930. The lowest BCUT2D eigenvalue weighted by atomic mass is 10.1. The molecule has 0 saturated carbocycles. The van der Waals surface area contributed by atoms with Crippen molar-refractivity contribution in [2.75, 3.05) is 136 Å². The van der Waals surface area contributed by atoms with Crippen molar-refractivity contribution in [2.45, 2.75) is 66.0 Å². The maximum absolute atomic E-state index is 14.3. The SMILES string of the molecule is CN(C)CC(=O)O.Cc1ncc(COc2cc(F)cc(Oc3ccc(-c4nn(CCCN5CCOCC5)c5ncnc(N)c45)cc3)c2)s1.[C-]#[N+]c1c(-c2ccc(Br)cc2)nn(CCCN2CCOCC2)c1N.[C-]#[N+]c1c(-c2ccc(Oc3cc(F)cc(OCc4cnc(C)s4)c3)cc2)nn(CCCN2CCOCC2)c1N. The number of carbonyl (C=O) groups is 1. The standard InChI is InChI=1S/C29H30FN7O3S.C28H29FN6O3S.C17H20BrN5O.C4H9NO2/c1-19-32-16-25(41-19)17-39-23-13-21(30)14-24(15-23)40-22-5-3-20(4-6-22)27-26-28(31)33-18-34-29(26)37(35-27)8-2-7-36-9-11-38-12-10-36;1-19-32-17-25(39-19)18-37-23-14-21(29)15-24(16-23)38-22-6-4-20(5-7-22)26-27(31-2)28(30)35(33-26)9-3-8-34-10-12-36-13-11-34;1-20-16-15(13-3-5-14(18)6-4-13)21-23(17(16)19)8-2-7-22-9-11-24-12-10-22;1-5(2)3-4(6)7/h3-6,13-16,18H,2,7-12,17H2,1H3,(H2,31,33,34);4-7,14-17H,3,8-13,18,30H2,1H3;3-6H,2,7-12,19H2;3H2,1-2H3,(H,6,7). The summed E-state index contributed by atoms with van der Waals surface area (Å²) in [5, 5.41) is 24.8. The third kappa shape index (κ3) is 23.7. The topological polar surface area (TPSA) is 307 Å². The summed E-state index contributed by atoms with van der Waals surface area (Å²) in [5.74, 6) is 1.94. The molecule has 0 bridgehead atoms. The summed E-state index contributed by atoms with van der Waals surface area (Å²) >= 11 is 6.49. The molecule has 11 aromatic rings. The highest BCUT2D eigenvalue weighted by atomic mass is 79.9. The van der Waals surface area contributed by atoms with Gasteiger partial charge in [0, 0.05) is 137 Å². The van der Waals surface area contributed by atoms with Gasteiger partial charge < -0.3 is 55.5 Å². The minimum Gasteiger partial charge on any atom is -0.488 e. The zero-order chi connectivity index (χ0) is 78.2. The first-order valence-corrected chi connectivity index (χ1v) is 38.5. The quantitative estimate of drug-likeness (QED) is 0.0348. The number of hydrogen-bond donors (Lipinski definition) is 4. The van der Waals surface area contributed by atoms with Crippen LogP contribution in [0.15, 0.2) is 132 Å². The van der Waals surface area contributed by atoms with Gasteiger partial charge in [-0.3, -0.25) is 33.8 Å². The molecule has 0 unspecified atom stereocenters. The molecule has 111 heavy (non-hydrogen) atoms. The van der Waals surface area contributed by atoms with Gasteiger partial charge in [-0.15, -0.1) is 22.7 Å². The second kappa shape index (κ2) is 40.4. The van der Waals surface area contributed by atoms with Crippen molar-refractivity contribution in [1.82, 2.24) is 68.9 Å². The summed E-state index contributed by atoms with van der Waals surface area (Å²) in [5.41, 5.74) is 24.5. The second-order valence-corrected chi connectivity index (χ2v) is 29.7. The lowest BCUT2D eigenvalue weighted by Crippen LogP contribution is -2.37. The van der Waals surface area contributed by atoms with Gasteiger partial charge in [0.1, 0.15) is 100 Å². The van der Waals surface area contributed by atoms with Crippen LogP contribution in [0, 0.1) is 38.6 Å². The van der Waals surface area contributed by atoms with Crippen molar-refractivity contribution in [1.29, 1.82) is 0 Å². The van der Waals surface area contributed by atoms with Crippen molar-refractivity contribution in [3.8, 4) is 68.3 Å². The number of carboxylic acids is 1. The Morgan fingerprint density at radius 3 is 1.31 bits per heavy atom. The number of morpholine rings is 3. The maximum atomic E-state index is 14.3. The molecule has 3 saturated heterocycles. The van der Waals surface area contributed by atoms with Gasteiger partial charge in [0.25, 0.3) is 11.4 Å². The van der Waals surface area contributed by atoms with Gasteiger partial charge in [0.15, 0.2) is 5.65 Å². The van der Waals surface area contributed by atoms with Crippen molar-refractivity contribution >= 4 is 84.4 Å². The summed E-state index contributed by atoms with van der Waals surface area (Å²) in [6.45, 7) is 35.0. The van der Waals surface area contributed by atoms with Crippen LogP contribution >= 0.6 is 38.6 Å². The molecular formula is C78H88BrF2N19O9S2. The zero-order valence-electron chi connectivity index (χ0n) is 62.1. The molecule has 0 aliphatic carbocycles. The van der Waals surface area contributed by atoms with E-state index in [1.807, 2.05) is 79.2 Å². The number of nitrogens with two attached hydrogens (primary N) is 3. The summed E-state index contributed by atoms with van der Waals surface area (Å²) < 4.78 is 74.4. The number of benzene rings is 5. The molecule has 28 nitrogen and oxygen atoms in total. The summed E-state index contributed by atoms with van der Waals surface area (Å²) in [6, 6.07) is 30.9. The van der Waals surface area contributed by atoms with Crippen LogP contribution in [-0.2, 0) is 51.9 Å². The van der Waals surface area contributed by atoms with Crippen molar-refractivity contribution in [3.63, 3.8) is 0 Å². The van der Waals surface area contributed by atoms with Gasteiger partial charge in [0.05, 0.1) is 84.5 Å². The van der Waals surface area contributed by atoms with E-state index in [0.717, 1.165) is 164 Å². The third-order valence-corrected chi connectivity index (χ3v) is 19.9. The molecule has 3 fully saturated rings. The fourth-order valence-electron chi connectivity index (χ4n) is 12.2. The molecule has 5 aromatic carbocycles. The highest BCUT2D eigenvalue weighted by Crippen LogP contribution is 2.39. The number of nitrogens with zero attached hydrogens (tertiary/aromatic N) is 16. The lowest BCUT2D eigenvalue weighted by molar-refractivity contribution is -0.137. The molecule has 6 aromatic heterocycles. The Balaban J connectivity index is 0.000000162. The van der Waals surface area contributed by atoms with Gasteiger partial charge in [-0.2, -0.15) is 15.3 Å². The Morgan fingerprint density at radius 2 is 0.928 bits per heavy atom. The Labute approximate surface area is 658 Å². The highest BCUT2D eigenvalue weighted by Gasteiger charge is 2.23.